The van der Waals surface area contributed by atoms with Gasteiger partial charge in [-0.1, -0.05) is 35.5 Å². The lowest BCUT2D eigenvalue weighted by molar-refractivity contribution is 0.134. The van der Waals surface area contributed by atoms with Crippen LogP contribution in [0.4, 0.5) is 5.82 Å². The maximum Gasteiger partial charge on any atom is 0.263 e. The van der Waals surface area contributed by atoms with E-state index >= 15 is 0 Å². The number of hydrogen-bond donors (Lipinski definition) is 1. The number of rotatable bonds is 12. The summed E-state index contributed by atoms with van der Waals surface area (Å²) in [5.74, 6) is 1.97. The summed E-state index contributed by atoms with van der Waals surface area (Å²) in [5.41, 5.74) is 5.28. The van der Waals surface area contributed by atoms with Crippen molar-refractivity contribution in [3.05, 3.63) is 82.4 Å². The van der Waals surface area contributed by atoms with E-state index in [1.165, 1.54) is 0 Å². The molecule has 4 aromatic rings. The van der Waals surface area contributed by atoms with E-state index in [4.69, 9.17) is 18.7 Å². The quantitative estimate of drug-likeness (QED) is 0.213. The van der Waals surface area contributed by atoms with E-state index in [1.807, 2.05) is 58.0 Å². The van der Waals surface area contributed by atoms with Crippen molar-refractivity contribution in [1.29, 1.82) is 0 Å². The lowest BCUT2D eigenvalue weighted by Gasteiger charge is -2.17. The van der Waals surface area contributed by atoms with Gasteiger partial charge in [0.05, 0.1) is 23.8 Å². The molecule has 2 aromatic carbocycles. The molecular formula is C30H35N3O6S. The number of nitrogens with one attached hydrogen (secondary N) is 1. The molecule has 0 amide bonds. The summed E-state index contributed by atoms with van der Waals surface area (Å²) in [6.07, 6.45) is 0. The minimum atomic E-state index is -3.97. The predicted molar refractivity (Wildman–Crippen MR) is 153 cm³/mol. The van der Waals surface area contributed by atoms with Gasteiger partial charge in [0.2, 0.25) is 0 Å². The highest BCUT2D eigenvalue weighted by molar-refractivity contribution is 7.92. The molecule has 0 saturated carbocycles. The fourth-order valence-electron chi connectivity index (χ4n) is 4.32. The van der Waals surface area contributed by atoms with Gasteiger partial charge < -0.3 is 18.7 Å². The molecule has 0 aliphatic heterocycles. The molecule has 40 heavy (non-hydrogen) atoms. The highest BCUT2D eigenvalue weighted by atomic mass is 32.2. The molecule has 0 spiro atoms. The summed E-state index contributed by atoms with van der Waals surface area (Å²) in [6, 6.07) is 14.5. The number of aromatic nitrogens is 2. The van der Waals surface area contributed by atoms with E-state index in [0.717, 1.165) is 28.1 Å². The zero-order valence-corrected chi connectivity index (χ0v) is 24.5. The molecule has 0 unspecified atom stereocenters. The van der Waals surface area contributed by atoms with Crippen LogP contribution in [0.15, 0.2) is 57.9 Å². The van der Waals surface area contributed by atoms with Crippen LogP contribution in [0.2, 0.25) is 0 Å². The van der Waals surface area contributed by atoms with E-state index in [0.29, 0.717) is 48.2 Å². The fourth-order valence-corrected chi connectivity index (χ4v) is 5.60. The van der Waals surface area contributed by atoms with Gasteiger partial charge in [0, 0.05) is 29.5 Å². The number of sulfonamides is 1. The molecule has 4 rings (SSSR count). The summed E-state index contributed by atoms with van der Waals surface area (Å²) >= 11 is 0. The first-order valence-electron chi connectivity index (χ1n) is 13.1. The molecule has 212 valence electrons. The van der Waals surface area contributed by atoms with Crippen molar-refractivity contribution in [2.45, 2.75) is 59.7 Å². The highest BCUT2D eigenvalue weighted by Gasteiger charge is 2.23. The van der Waals surface area contributed by atoms with Gasteiger partial charge in [-0.25, -0.2) is 8.42 Å². The maximum atomic E-state index is 13.5. The normalized spacial score (nSPS) is 11.4. The molecule has 2 heterocycles. The van der Waals surface area contributed by atoms with Crippen molar-refractivity contribution < 1.29 is 27.2 Å². The Morgan fingerprint density at radius 3 is 2.38 bits per heavy atom. The van der Waals surface area contributed by atoms with Crippen LogP contribution in [0, 0.1) is 27.7 Å². The average molecular weight is 566 g/mol. The molecule has 2 aromatic heterocycles. The van der Waals surface area contributed by atoms with Crippen LogP contribution in [0.3, 0.4) is 0 Å². The molecule has 0 radical (unpaired) electrons. The lowest BCUT2D eigenvalue weighted by Crippen LogP contribution is -2.15. The van der Waals surface area contributed by atoms with Crippen molar-refractivity contribution in [3.8, 4) is 22.6 Å². The third-order valence-corrected chi connectivity index (χ3v) is 7.80. The SMILES string of the molecule is CCOCc1cc(COc2cc(C)nc(C)c2OCC)ccc1-c1ccccc1S(=O)(=O)Nc1noc(C)c1C. The van der Waals surface area contributed by atoms with Gasteiger partial charge in [-0.2, -0.15) is 0 Å². The standard InChI is InChI=1S/C30H35N3O6S/c1-7-36-18-24-16-23(17-38-27-15-19(3)31-21(5)29(27)37-8-2)13-14-25(24)26-11-9-10-12-28(26)40(34,35)33-30-20(4)22(6)39-32-30/h9-16H,7-8,17-18H2,1-6H3,(H,32,33). The van der Waals surface area contributed by atoms with Crippen molar-refractivity contribution in [3.63, 3.8) is 0 Å². The summed E-state index contributed by atoms with van der Waals surface area (Å²) in [7, 11) is -3.97. The molecule has 0 aliphatic rings. The summed E-state index contributed by atoms with van der Waals surface area (Å²) in [6.45, 7) is 12.7. The molecule has 9 nitrogen and oxygen atoms in total. The van der Waals surface area contributed by atoms with Crippen LogP contribution in [0.25, 0.3) is 11.1 Å². The number of ether oxygens (including phenoxy) is 3. The monoisotopic (exact) mass is 565 g/mol. The van der Waals surface area contributed by atoms with E-state index in [-0.39, 0.29) is 17.3 Å². The summed E-state index contributed by atoms with van der Waals surface area (Å²) in [5, 5.41) is 3.86. The van der Waals surface area contributed by atoms with Crippen LogP contribution in [-0.2, 0) is 28.0 Å². The Bertz CT molecular complexity index is 1600. The third kappa shape index (κ3) is 6.46. The van der Waals surface area contributed by atoms with Gasteiger partial charge in [-0.05, 0) is 70.4 Å². The zero-order chi connectivity index (χ0) is 28.9. The van der Waals surface area contributed by atoms with Crippen LogP contribution < -0.4 is 14.2 Å². The van der Waals surface area contributed by atoms with Gasteiger partial charge in [0.1, 0.15) is 12.4 Å². The third-order valence-electron chi connectivity index (χ3n) is 6.41. The second-order valence-corrected chi connectivity index (χ2v) is 11.0. The topological polar surface area (TPSA) is 113 Å². The zero-order valence-electron chi connectivity index (χ0n) is 23.7. The number of hydrogen-bond acceptors (Lipinski definition) is 8. The summed E-state index contributed by atoms with van der Waals surface area (Å²) < 4.78 is 52.4. The summed E-state index contributed by atoms with van der Waals surface area (Å²) in [4.78, 5) is 4.60. The molecular weight excluding hydrogens is 530 g/mol. The molecule has 10 heteroatoms. The fraction of sp³-hybridized carbons (Fsp3) is 0.333. The minimum Gasteiger partial charge on any atom is -0.488 e. The van der Waals surface area contributed by atoms with Gasteiger partial charge in [-0.3, -0.25) is 9.71 Å². The second-order valence-electron chi connectivity index (χ2n) is 9.34. The van der Waals surface area contributed by atoms with Gasteiger partial charge >= 0.3 is 0 Å². The van der Waals surface area contributed by atoms with Crippen LogP contribution in [0.5, 0.6) is 11.5 Å². The Hall–Kier alpha value is -3.89. The molecule has 0 fully saturated rings. The smallest absolute Gasteiger partial charge is 0.263 e. The number of aryl methyl sites for hydroxylation is 3. The van der Waals surface area contributed by atoms with Gasteiger partial charge in [-0.15, -0.1) is 0 Å². The van der Waals surface area contributed by atoms with E-state index in [9.17, 15) is 8.42 Å². The van der Waals surface area contributed by atoms with E-state index < -0.39 is 10.0 Å². The van der Waals surface area contributed by atoms with Crippen LogP contribution in [-0.4, -0.2) is 31.8 Å². The Morgan fingerprint density at radius 2 is 1.68 bits per heavy atom. The van der Waals surface area contributed by atoms with Gasteiger partial charge in [0.25, 0.3) is 10.0 Å². The maximum absolute atomic E-state index is 13.5. The molecule has 0 saturated heterocycles. The van der Waals surface area contributed by atoms with Crippen LogP contribution in [0.1, 0.15) is 47.7 Å². The van der Waals surface area contributed by atoms with Crippen molar-refractivity contribution in [2.24, 2.45) is 0 Å². The van der Waals surface area contributed by atoms with Crippen LogP contribution >= 0.6 is 0 Å². The first kappa shape index (κ1) is 29.1. The lowest BCUT2D eigenvalue weighted by atomic mass is 9.98. The first-order chi connectivity index (χ1) is 19.1. The first-order valence-corrected chi connectivity index (χ1v) is 14.6. The number of anilines is 1. The Labute approximate surface area is 235 Å². The Kier molecular flexibility index (Phi) is 9.11. The Morgan fingerprint density at radius 1 is 0.900 bits per heavy atom. The number of nitrogens with zero attached hydrogens (tertiary/aromatic N) is 2. The highest BCUT2D eigenvalue weighted by Crippen LogP contribution is 2.34. The molecule has 1 N–H and O–H groups in total. The molecule has 0 bridgehead atoms. The average Bonchev–Trinajstić information content (AvgIpc) is 3.24. The predicted octanol–water partition coefficient (Wildman–Crippen LogP) is 6.29. The Balaban J connectivity index is 1.68. The van der Waals surface area contributed by atoms with Crippen molar-refractivity contribution >= 4 is 15.8 Å². The minimum absolute atomic E-state index is 0.126. The molecule has 0 atom stereocenters. The van der Waals surface area contributed by atoms with Crippen molar-refractivity contribution in [2.75, 3.05) is 17.9 Å². The van der Waals surface area contributed by atoms with E-state index in [1.54, 1.807) is 32.0 Å². The van der Waals surface area contributed by atoms with Crippen molar-refractivity contribution in [1.82, 2.24) is 10.1 Å². The second kappa shape index (κ2) is 12.5. The number of pyridine rings is 1. The van der Waals surface area contributed by atoms with Gasteiger partial charge in [0.15, 0.2) is 17.3 Å². The largest absolute Gasteiger partial charge is 0.488 e. The molecule has 0 aliphatic carbocycles. The number of benzene rings is 2. The van der Waals surface area contributed by atoms with E-state index in [2.05, 4.69) is 14.9 Å².